The molecule has 4 unspecified atom stereocenters. The molecule has 0 aliphatic rings. The number of hydrogen-bond acceptors (Lipinski definition) is 8. The Bertz CT molecular complexity index is 202. The van der Waals surface area contributed by atoms with Crippen molar-refractivity contribution >= 4 is 11.9 Å². The molecule has 0 spiro atoms. The third-order valence-electron chi connectivity index (χ3n) is 1.48. The van der Waals surface area contributed by atoms with Crippen molar-refractivity contribution in [3.63, 3.8) is 0 Å². The van der Waals surface area contributed by atoms with E-state index in [1.54, 1.807) is 0 Å². The van der Waals surface area contributed by atoms with Crippen LogP contribution < -0.4 is 10.2 Å². The molecular formula is C6H8O8-2. The third-order valence-corrected chi connectivity index (χ3v) is 1.48. The molecule has 0 saturated carbocycles. The van der Waals surface area contributed by atoms with Gasteiger partial charge in [0.15, 0.2) is 0 Å². The molecule has 0 radical (unpaired) electrons. The Kier molecular flexibility index (Phi) is 4.44. The van der Waals surface area contributed by atoms with Crippen LogP contribution in [0.15, 0.2) is 0 Å². The summed E-state index contributed by atoms with van der Waals surface area (Å²) in [5.74, 6) is -4.22. The number of aliphatic hydroxyl groups excluding tert-OH is 4. The maximum atomic E-state index is 9.96. The SMILES string of the molecule is O=C([O-])C(O)C(O)C(O)C(O)C(=O)[O-]. The minimum absolute atomic E-state index is 2.11. The van der Waals surface area contributed by atoms with Crippen LogP contribution in [0.3, 0.4) is 0 Å². The minimum atomic E-state index is -2.50. The molecule has 8 heteroatoms. The van der Waals surface area contributed by atoms with Gasteiger partial charge in [0, 0.05) is 0 Å². The smallest absolute Gasteiger partial charge is 0.122 e. The molecule has 0 aromatic rings. The second-order valence-electron chi connectivity index (χ2n) is 2.51. The summed E-state index contributed by atoms with van der Waals surface area (Å²) in [7, 11) is 0. The third kappa shape index (κ3) is 2.92. The average molecular weight is 208 g/mol. The van der Waals surface area contributed by atoms with Crippen LogP contribution in [0, 0.1) is 0 Å². The Morgan fingerprint density at radius 1 is 0.786 bits per heavy atom. The quantitative estimate of drug-likeness (QED) is 0.347. The van der Waals surface area contributed by atoms with Crippen LogP contribution in [0.4, 0.5) is 0 Å². The monoisotopic (exact) mass is 208 g/mol. The highest BCUT2D eigenvalue weighted by atomic mass is 16.4. The van der Waals surface area contributed by atoms with Crippen LogP contribution in [0.2, 0.25) is 0 Å². The number of carbonyl (C=O) groups is 2. The Hall–Kier alpha value is -1.22. The van der Waals surface area contributed by atoms with Crippen molar-refractivity contribution in [3.8, 4) is 0 Å². The molecule has 0 aromatic carbocycles. The van der Waals surface area contributed by atoms with Gasteiger partial charge in [0.1, 0.15) is 24.4 Å². The van der Waals surface area contributed by atoms with Crippen molar-refractivity contribution in [2.24, 2.45) is 0 Å². The van der Waals surface area contributed by atoms with Crippen LogP contribution in [-0.4, -0.2) is 56.8 Å². The molecule has 8 nitrogen and oxygen atoms in total. The molecule has 0 heterocycles. The molecule has 0 amide bonds. The second kappa shape index (κ2) is 4.86. The molecule has 14 heavy (non-hydrogen) atoms. The molecule has 0 fully saturated rings. The summed E-state index contributed by atoms with van der Waals surface area (Å²) in [6, 6.07) is 0. The highest BCUT2D eigenvalue weighted by molar-refractivity contribution is 5.72. The fraction of sp³-hybridized carbons (Fsp3) is 0.667. The van der Waals surface area contributed by atoms with E-state index in [-0.39, 0.29) is 0 Å². The first-order chi connectivity index (χ1) is 6.29. The summed E-state index contributed by atoms with van der Waals surface area (Å²) in [5.41, 5.74) is 0. The number of aliphatic carboxylic acids is 2. The maximum Gasteiger partial charge on any atom is 0.122 e. The molecular weight excluding hydrogens is 200 g/mol. The number of aliphatic hydroxyl groups is 4. The zero-order chi connectivity index (χ0) is 11.5. The van der Waals surface area contributed by atoms with Crippen LogP contribution in [0.25, 0.3) is 0 Å². The molecule has 0 aromatic heterocycles. The predicted molar refractivity (Wildman–Crippen MR) is 34.0 cm³/mol. The molecule has 82 valence electrons. The first-order valence-corrected chi connectivity index (χ1v) is 3.43. The van der Waals surface area contributed by atoms with E-state index in [2.05, 4.69) is 0 Å². The van der Waals surface area contributed by atoms with Crippen LogP contribution in [0.1, 0.15) is 0 Å². The van der Waals surface area contributed by atoms with Crippen molar-refractivity contribution in [2.45, 2.75) is 24.4 Å². The van der Waals surface area contributed by atoms with Gasteiger partial charge in [-0.2, -0.15) is 0 Å². The Balaban J connectivity index is 4.45. The maximum absolute atomic E-state index is 9.96. The molecule has 4 atom stereocenters. The average Bonchev–Trinajstić information content (AvgIpc) is 2.12. The van der Waals surface area contributed by atoms with Crippen molar-refractivity contribution < 1.29 is 40.2 Å². The zero-order valence-electron chi connectivity index (χ0n) is 6.73. The van der Waals surface area contributed by atoms with Gasteiger partial charge in [-0.1, -0.05) is 0 Å². The first kappa shape index (κ1) is 12.8. The minimum Gasteiger partial charge on any atom is -0.547 e. The number of carbonyl (C=O) groups excluding carboxylic acids is 2. The topological polar surface area (TPSA) is 161 Å². The van der Waals surface area contributed by atoms with Gasteiger partial charge in [-0.25, -0.2) is 0 Å². The van der Waals surface area contributed by atoms with Crippen molar-refractivity contribution in [1.82, 2.24) is 0 Å². The first-order valence-electron chi connectivity index (χ1n) is 3.43. The molecule has 0 saturated heterocycles. The fourth-order valence-corrected chi connectivity index (χ4v) is 0.652. The number of rotatable bonds is 5. The summed E-state index contributed by atoms with van der Waals surface area (Å²) < 4.78 is 0. The molecule has 0 aliphatic heterocycles. The van der Waals surface area contributed by atoms with Gasteiger partial charge in [0.2, 0.25) is 0 Å². The Labute approximate surface area is 77.7 Å². The van der Waals surface area contributed by atoms with Crippen LogP contribution in [0.5, 0.6) is 0 Å². The van der Waals surface area contributed by atoms with Crippen molar-refractivity contribution in [2.75, 3.05) is 0 Å². The molecule has 4 N–H and O–H groups in total. The van der Waals surface area contributed by atoms with Crippen LogP contribution in [-0.2, 0) is 9.59 Å². The van der Waals surface area contributed by atoms with Crippen molar-refractivity contribution in [3.05, 3.63) is 0 Å². The van der Waals surface area contributed by atoms with Gasteiger partial charge >= 0.3 is 0 Å². The highest BCUT2D eigenvalue weighted by Gasteiger charge is 2.31. The van der Waals surface area contributed by atoms with Gasteiger partial charge in [-0.3, -0.25) is 0 Å². The number of hydrogen-bond donors (Lipinski definition) is 4. The summed E-state index contributed by atoms with van der Waals surface area (Å²) in [6.45, 7) is 0. The number of carboxylic acids is 2. The Morgan fingerprint density at radius 3 is 1.14 bits per heavy atom. The van der Waals surface area contributed by atoms with Gasteiger partial charge in [0.25, 0.3) is 0 Å². The standard InChI is InChI=1S/C6H10O8/c7-1(3(9)5(11)12)2(8)4(10)6(13)14/h1-4,7-10H,(H,11,12)(H,13,14)/p-2. The van der Waals surface area contributed by atoms with E-state index < -0.39 is 36.4 Å². The summed E-state index contributed by atoms with van der Waals surface area (Å²) >= 11 is 0. The lowest BCUT2D eigenvalue weighted by Gasteiger charge is -2.27. The lowest BCUT2D eigenvalue weighted by molar-refractivity contribution is -0.327. The van der Waals surface area contributed by atoms with E-state index in [1.807, 2.05) is 0 Å². The summed E-state index contributed by atoms with van der Waals surface area (Å²) in [6.07, 6.45) is -9.76. The van der Waals surface area contributed by atoms with Crippen molar-refractivity contribution in [1.29, 1.82) is 0 Å². The molecule has 0 aliphatic carbocycles. The lowest BCUT2D eigenvalue weighted by atomic mass is 10.0. The second-order valence-corrected chi connectivity index (χ2v) is 2.51. The van der Waals surface area contributed by atoms with E-state index >= 15 is 0 Å². The summed E-state index contributed by atoms with van der Waals surface area (Å²) in [4.78, 5) is 19.9. The normalized spacial score (nSPS) is 19.4. The van der Waals surface area contributed by atoms with Gasteiger partial charge in [-0.05, 0) is 0 Å². The van der Waals surface area contributed by atoms with E-state index in [4.69, 9.17) is 20.4 Å². The fourth-order valence-electron chi connectivity index (χ4n) is 0.652. The van der Waals surface area contributed by atoms with Crippen LogP contribution >= 0.6 is 0 Å². The number of carboxylic acid groups (broad SMARTS) is 2. The Morgan fingerprint density at radius 2 is 1.00 bits per heavy atom. The molecule has 0 rings (SSSR count). The largest absolute Gasteiger partial charge is 0.547 e. The van der Waals surface area contributed by atoms with Gasteiger partial charge in [0.05, 0.1) is 11.9 Å². The van der Waals surface area contributed by atoms with Gasteiger partial charge < -0.3 is 40.2 Å². The van der Waals surface area contributed by atoms with E-state index in [0.29, 0.717) is 0 Å². The van der Waals surface area contributed by atoms with Gasteiger partial charge in [-0.15, -0.1) is 0 Å². The predicted octanol–water partition coefficient (Wildman–Crippen LogP) is -6.07. The highest BCUT2D eigenvalue weighted by Crippen LogP contribution is 2.04. The summed E-state index contributed by atoms with van der Waals surface area (Å²) in [5, 5.41) is 54.7. The zero-order valence-corrected chi connectivity index (χ0v) is 6.73. The van der Waals surface area contributed by atoms with E-state index in [9.17, 15) is 19.8 Å². The molecule has 0 bridgehead atoms. The van der Waals surface area contributed by atoms with E-state index in [1.165, 1.54) is 0 Å². The lowest BCUT2D eigenvalue weighted by Crippen LogP contribution is -2.55. The van der Waals surface area contributed by atoms with E-state index in [0.717, 1.165) is 0 Å².